The number of hydrogen-bond acceptors (Lipinski definition) is 9. The number of rotatable bonds is 9. The van der Waals surface area contributed by atoms with Gasteiger partial charge >= 0.3 is 6.03 Å². The maximum Gasteiger partial charge on any atom is 0.319 e. The van der Waals surface area contributed by atoms with Crippen LogP contribution in [0, 0.1) is 0 Å². The van der Waals surface area contributed by atoms with Gasteiger partial charge in [-0.05, 0) is 64.9 Å². The molecule has 1 aliphatic heterocycles. The van der Waals surface area contributed by atoms with Crippen LogP contribution in [0.1, 0.15) is 42.4 Å². The Morgan fingerprint density at radius 1 is 1.07 bits per heavy atom. The average molecular weight is 563 g/mol. The van der Waals surface area contributed by atoms with Gasteiger partial charge in [-0.15, -0.1) is 5.10 Å². The fourth-order valence-electron chi connectivity index (χ4n) is 4.31. The summed E-state index contributed by atoms with van der Waals surface area (Å²) in [6, 6.07) is 21.4. The summed E-state index contributed by atoms with van der Waals surface area (Å²) in [5, 5.41) is 37.3. The maximum absolute atomic E-state index is 12.0. The molecule has 2 amide bonds. The number of hydrogen-bond donors (Lipinski definition) is 4. The molecule has 0 unspecified atom stereocenters. The predicted octanol–water partition coefficient (Wildman–Crippen LogP) is 4.34. The van der Waals surface area contributed by atoms with Gasteiger partial charge in [0, 0.05) is 30.0 Å². The number of phenolic OH excluding ortho intramolecular Hbond substituents is 1. The van der Waals surface area contributed by atoms with Gasteiger partial charge in [0.05, 0.1) is 24.5 Å². The molecule has 3 atom stereocenters. The number of aliphatic hydroxyl groups is 1. The number of ether oxygens (including phenoxy) is 2. The van der Waals surface area contributed by atoms with Crippen molar-refractivity contribution in [2.45, 2.75) is 43.6 Å². The van der Waals surface area contributed by atoms with E-state index in [0.717, 1.165) is 22.4 Å². The molecule has 4 aromatic rings. The minimum atomic E-state index is -0.675. The number of carbonyl (C=O) groups is 1. The number of anilines is 1. The van der Waals surface area contributed by atoms with E-state index in [2.05, 4.69) is 26.2 Å². The number of nitrogens with one attached hydrogen (secondary N) is 2. The molecule has 208 valence electrons. The Bertz CT molecular complexity index is 1420. The van der Waals surface area contributed by atoms with Crippen molar-refractivity contribution in [1.29, 1.82) is 0 Å². The smallest absolute Gasteiger partial charge is 0.319 e. The second-order valence-corrected chi connectivity index (χ2v) is 10.1. The van der Waals surface area contributed by atoms with Crippen molar-refractivity contribution in [1.82, 2.24) is 25.5 Å². The third kappa shape index (κ3) is 6.77. The predicted molar refractivity (Wildman–Crippen MR) is 149 cm³/mol. The van der Waals surface area contributed by atoms with Crippen LogP contribution in [0.3, 0.4) is 0 Å². The van der Waals surface area contributed by atoms with Gasteiger partial charge < -0.3 is 30.3 Å². The molecule has 11 nitrogen and oxygen atoms in total. The van der Waals surface area contributed by atoms with Crippen molar-refractivity contribution in [2.24, 2.45) is 0 Å². The number of aromatic hydroxyl groups is 1. The molecule has 0 saturated carbocycles. The largest absolute Gasteiger partial charge is 0.508 e. The van der Waals surface area contributed by atoms with Crippen LogP contribution in [-0.4, -0.2) is 54.9 Å². The minimum Gasteiger partial charge on any atom is -0.508 e. The lowest BCUT2D eigenvalue weighted by molar-refractivity contribution is -0.245. The van der Waals surface area contributed by atoms with Crippen molar-refractivity contribution in [2.75, 3.05) is 17.6 Å². The van der Waals surface area contributed by atoms with Gasteiger partial charge in [-0.25, -0.2) is 4.79 Å². The SMILES string of the molecule is CCNC(=O)Nc1cccc([C@H]2O[C@@H](CSc3nnnn3-c3ccc(O)cc3)C[C@@H](c3ccc(CO)cc3)O2)c1. The van der Waals surface area contributed by atoms with Crippen LogP contribution < -0.4 is 10.6 Å². The average Bonchev–Trinajstić information content (AvgIpc) is 3.45. The molecule has 12 heteroatoms. The molecule has 0 bridgehead atoms. The van der Waals surface area contributed by atoms with E-state index in [4.69, 9.17) is 9.47 Å². The van der Waals surface area contributed by atoms with E-state index in [1.165, 1.54) is 11.8 Å². The zero-order valence-electron chi connectivity index (χ0n) is 21.8. The van der Waals surface area contributed by atoms with Crippen molar-refractivity contribution >= 4 is 23.5 Å². The van der Waals surface area contributed by atoms with E-state index >= 15 is 0 Å². The molecule has 4 N–H and O–H groups in total. The maximum atomic E-state index is 12.0. The molecule has 0 aliphatic carbocycles. The number of nitrogens with zero attached hydrogens (tertiary/aromatic N) is 4. The van der Waals surface area contributed by atoms with Crippen LogP contribution in [0.5, 0.6) is 5.75 Å². The van der Waals surface area contributed by atoms with Gasteiger partial charge in [0.15, 0.2) is 6.29 Å². The van der Waals surface area contributed by atoms with E-state index in [0.29, 0.717) is 29.6 Å². The fourth-order valence-corrected chi connectivity index (χ4v) is 5.22. The standard InChI is InChI=1S/C28H30N6O5S/c1-2-29-27(37)30-21-5-3-4-20(14-21)26-38-24(15-25(39-26)19-8-6-18(16-35)7-9-19)17-40-28-31-32-33-34(28)22-10-12-23(36)13-11-22/h3-14,24-26,35-36H,2,15-17H2,1H3,(H2,29,30,37)/t24-,25+,26+/m1/s1. The molecule has 5 rings (SSSR count). The van der Waals surface area contributed by atoms with E-state index in [9.17, 15) is 15.0 Å². The number of aromatic nitrogens is 4. The highest BCUT2D eigenvalue weighted by molar-refractivity contribution is 7.99. The normalized spacial score (nSPS) is 18.8. The Kier molecular flexibility index (Phi) is 8.91. The molecule has 1 aromatic heterocycles. The fraction of sp³-hybridized carbons (Fsp3) is 0.286. The number of tetrazole rings is 1. The highest BCUT2D eigenvalue weighted by atomic mass is 32.2. The van der Waals surface area contributed by atoms with Gasteiger partial charge in [-0.1, -0.05) is 48.2 Å². The van der Waals surface area contributed by atoms with Gasteiger partial charge in [0.2, 0.25) is 5.16 Å². The van der Waals surface area contributed by atoms with E-state index in [-0.39, 0.29) is 30.6 Å². The first-order valence-corrected chi connectivity index (χ1v) is 13.9. The third-order valence-corrected chi connectivity index (χ3v) is 7.35. The Hall–Kier alpha value is -3.97. The lowest BCUT2D eigenvalue weighted by Crippen LogP contribution is -2.31. The highest BCUT2D eigenvalue weighted by Gasteiger charge is 2.33. The summed E-state index contributed by atoms with van der Waals surface area (Å²) in [4.78, 5) is 12.0. The molecule has 3 aromatic carbocycles. The van der Waals surface area contributed by atoms with Gasteiger partial charge in [0.1, 0.15) is 5.75 Å². The van der Waals surface area contributed by atoms with Crippen molar-refractivity contribution < 1.29 is 24.5 Å². The number of benzene rings is 3. The molecular weight excluding hydrogens is 532 g/mol. The summed E-state index contributed by atoms with van der Waals surface area (Å²) in [5.74, 6) is 0.719. The second-order valence-electron chi connectivity index (χ2n) is 9.16. The molecule has 2 heterocycles. The number of phenols is 1. The summed E-state index contributed by atoms with van der Waals surface area (Å²) in [5.41, 5.74) is 3.93. The summed E-state index contributed by atoms with van der Waals surface area (Å²) in [7, 11) is 0. The lowest BCUT2D eigenvalue weighted by atomic mass is 10.0. The van der Waals surface area contributed by atoms with Crippen molar-refractivity contribution in [3.63, 3.8) is 0 Å². The molecule has 0 radical (unpaired) electrons. The Morgan fingerprint density at radius 2 is 1.88 bits per heavy atom. The van der Waals surface area contributed by atoms with Gasteiger partial charge in [0.25, 0.3) is 0 Å². The van der Waals surface area contributed by atoms with Crippen molar-refractivity contribution in [3.05, 3.63) is 89.5 Å². The number of amides is 2. The van der Waals surface area contributed by atoms with Gasteiger partial charge in [-0.2, -0.15) is 4.68 Å². The summed E-state index contributed by atoms with van der Waals surface area (Å²) in [6.07, 6.45) is -0.549. The molecule has 1 aliphatic rings. The van der Waals surface area contributed by atoms with Crippen LogP contribution in [0.25, 0.3) is 5.69 Å². The molecule has 0 spiro atoms. The first-order chi connectivity index (χ1) is 19.5. The first kappa shape index (κ1) is 27.6. The summed E-state index contributed by atoms with van der Waals surface area (Å²) >= 11 is 1.46. The quantitative estimate of drug-likeness (QED) is 0.219. The second kappa shape index (κ2) is 12.9. The molecule has 40 heavy (non-hydrogen) atoms. The number of carbonyl (C=O) groups excluding carboxylic acids is 1. The zero-order chi connectivity index (χ0) is 27.9. The lowest BCUT2D eigenvalue weighted by Gasteiger charge is -2.36. The van der Waals surface area contributed by atoms with Crippen LogP contribution in [-0.2, 0) is 16.1 Å². The number of urea groups is 1. The van der Waals surface area contributed by atoms with Crippen LogP contribution in [0.2, 0.25) is 0 Å². The van der Waals surface area contributed by atoms with Gasteiger partial charge in [-0.3, -0.25) is 0 Å². The first-order valence-electron chi connectivity index (χ1n) is 12.9. The van der Waals surface area contributed by atoms with Crippen LogP contribution in [0.4, 0.5) is 10.5 Å². The van der Waals surface area contributed by atoms with E-state index in [1.807, 2.05) is 55.5 Å². The van der Waals surface area contributed by atoms with Crippen LogP contribution >= 0.6 is 11.8 Å². The Balaban J connectivity index is 1.35. The van der Waals surface area contributed by atoms with Crippen molar-refractivity contribution in [3.8, 4) is 11.4 Å². The minimum absolute atomic E-state index is 0.0298. The molecule has 1 fully saturated rings. The Morgan fingerprint density at radius 3 is 2.62 bits per heavy atom. The number of thioether (sulfide) groups is 1. The topological polar surface area (TPSA) is 144 Å². The van der Waals surface area contributed by atoms with E-state index in [1.54, 1.807) is 28.9 Å². The number of aliphatic hydroxyl groups excluding tert-OH is 1. The molecular formula is C28H30N6O5S. The third-order valence-electron chi connectivity index (χ3n) is 6.30. The summed E-state index contributed by atoms with van der Waals surface area (Å²) < 4.78 is 14.4. The molecule has 1 saturated heterocycles. The Labute approximate surface area is 235 Å². The van der Waals surface area contributed by atoms with E-state index < -0.39 is 6.29 Å². The zero-order valence-corrected chi connectivity index (χ0v) is 22.6. The highest BCUT2D eigenvalue weighted by Crippen LogP contribution is 2.39. The summed E-state index contributed by atoms with van der Waals surface area (Å²) in [6.45, 7) is 2.35. The van der Waals surface area contributed by atoms with Crippen LogP contribution in [0.15, 0.2) is 78.0 Å². The monoisotopic (exact) mass is 562 g/mol.